The van der Waals surface area contributed by atoms with Crippen LogP contribution in [0.4, 0.5) is 0 Å². The minimum atomic E-state index is -0.395. The van der Waals surface area contributed by atoms with Crippen LogP contribution in [-0.2, 0) is 40.5 Å². The molecule has 0 aromatic heterocycles. The average molecular weight is 425 g/mol. The average Bonchev–Trinajstić information content (AvgIpc) is 3.24. The predicted molar refractivity (Wildman–Crippen MR) is 99.3 cm³/mol. The quantitative estimate of drug-likeness (QED) is 0.219. The number of hydrogen-bond acceptors (Lipinski definition) is 3. The molecule has 0 unspecified atom stereocenters. The molecule has 7 heteroatoms. The van der Waals surface area contributed by atoms with Gasteiger partial charge < -0.3 is 9.47 Å². The zero-order valence-electron chi connectivity index (χ0n) is 15.7. The van der Waals surface area contributed by atoms with Crippen LogP contribution in [0.15, 0.2) is 53.6 Å². The summed E-state index contributed by atoms with van der Waals surface area (Å²) in [7, 11) is 0. The Morgan fingerprint density at radius 3 is 2.07 bits per heavy atom. The van der Waals surface area contributed by atoms with E-state index in [1.165, 1.54) is 5.56 Å². The van der Waals surface area contributed by atoms with Crippen molar-refractivity contribution in [2.45, 2.75) is 25.6 Å². The Kier molecular flexibility index (Phi) is 25.3. The Balaban J connectivity index is -0.000000815. The van der Waals surface area contributed by atoms with Crippen molar-refractivity contribution in [3.05, 3.63) is 74.1 Å². The number of hydrogen-bond donors (Lipinski definition) is 0. The first-order valence-corrected chi connectivity index (χ1v) is 8.12. The van der Waals surface area contributed by atoms with Crippen LogP contribution in [0.3, 0.4) is 0 Å². The van der Waals surface area contributed by atoms with Crippen molar-refractivity contribution in [1.82, 2.24) is 0 Å². The SMILES string of the molecule is CCC1(CCN=C/C=C/C=C/c2ccccc2)OCCO1.[C-]#[O+].[C-]#[O+].[C-]#[O+].[Fe]. The third-order valence-corrected chi connectivity index (χ3v) is 3.48. The maximum atomic E-state index is 7.50. The smallest absolute Gasteiger partial charge is 0 e. The van der Waals surface area contributed by atoms with Gasteiger partial charge in [0.25, 0.3) is 0 Å². The molecule has 1 saturated heterocycles. The molecule has 2 rings (SSSR count). The number of aliphatic imine (C=N–C) groups is 1. The van der Waals surface area contributed by atoms with Gasteiger partial charge in [0.15, 0.2) is 5.79 Å². The summed E-state index contributed by atoms with van der Waals surface area (Å²) in [6.07, 6.45) is 11.5. The number of benzene rings is 1. The van der Waals surface area contributed by atoms with E-state index in [2.05, 4.69) is 50.1 Å². The van der Waals surface area contributed by atoms with Crippen molar-refractivity contribution in [3.63, 3.8) is 0 Å². The number of ether oxygens (including phenoxy) is 2. The molecule has 0 saturated carbocycles. The summed E-state index contributed by atoms with van der Waals surface area (Å²) in [6, 6.07) is 10.2. The standard InChI is InChI=1S/C18H23NO2.3CO.Fe/c1-2-18(20-15-16-21-18)12-14-19-13-8-4-7-11-17-9-5-3-6-10-17;3*1-2;/h3-11,13H,2,12,14-16H2,1H3;;;;/b8-4+,11-7+,19-13?;;;;. The van der Waals surface area contributed by atoms with E-state index in [1.807, 2.05) is 42.6 Å². The molecule has 1 aromatic rings. The molecule has 0 N–H and O–H groups in total. The van der Waals surface area contributed by atoms with Gasteiger partial charge >= 0.3 is 33.9 Å². The molecule has 1 heterocycles. The molecule has 28 heavy (non-hydrogen) atoms. The van der Waals surface area contributed by atoms with Crippen LogP contribution in [-0.4, -0.2) is 31.8 Å². The second-order valence-corrected chi connectivity index (χ2v) is 4.92. The van der Waals surface area contributed by atoms with E-state index in [9.17, 15) is 0 Å². The molecule has 150 valence electrons. The monoisotopic (exact) mass is 425 g/mol. The second-order valence-electron chi connectivity index (χ2n) is 4.92. The van der Waals surface area contributed by atoms with E-state index in [-0.39, 0.29) is 17.1 Å². The summed E-state index contributed by atoms with van der Waals surface area (Å²) >= 11 is 0. The molecular formula is C21H23FeNO5. The predicted octanol–water partition coefficient (Wildman–Crippen LogP) is 3.75. The molecule has 1 aliphatic heterocycles. The number of nitrogens with zero attached hydrogens (tertiary/aromatic N) is 1. The molecule has 0 spiro atoms. The Morgan fingerprint density at radius 2 is 1.54 bits per heavy atom. The molecule has 0 aliphatic carbocycles. The van der Waals surface area contributed by atoms with Crippen LogP contribution >= 0.6 is 0 Å². The van der Waals surface area contributed by atoms with E-state index in [0.717, 1.165) is 19.4 Å². The van der Waals surface area contributed by atoms with Crippen LogP contribution in [0.5, 0.6) is 0 Å². The Labute approximate surface area is 177 Å². The largest absolute Gasteiger partial charge is 0 e. The third kappa shape index (κ3) is 14.1. The van der Waals surface area contributed by atoms with Crippen LogP contribution < -0.4 is 0 Å². The molecule has 1 aromatic carbocycles. The van der Waals surface area contributed by atoms with Crippen LogP contribution in [0.2, 0.25) is 0 Å². The van der Waals surface area contributed by atoms with Crippen molar-refractivity contribution in [1.29, 1.82) is 0 Å². The molecule has 0 amide bonds. The molecule has 6 nitrogen and oxygen atoms in total. The first kappa shape index (κ1) is 30.7. The maximum absolute atomic E-state index is 7.50. The summed E-state index contributed by atoms with van der Waals surface area (Å²) in [5.41, 5.74) is 1.19. The van der Waals surface area contributed by atoms with E-state index >= 15 is 0 Å². The molecular weight excluding hydrogens is 402 g/mol. The van der Waals surface area contributed by atoms with Gasteiger partial charge in [0, 0.05) is 36.2 Å². The fraction of sp³-hybridized carbons (Fsp3) is 0.333. The van der Waals surface area contributed by atoms with Gasteiger partial charge in [0.1, 0.15) is 0 Å². The van der Waals surface area contributed by atoms with Crippen molar-refractivity contribution in [2.24, 2.45) is 4.99 Å². The molecule has 0 radical (unpaired) electrons. The molecule has 1 fully saturated rings. The van der Waals surface area contributed by atoms with E-state index in [4.69, 9.17) is 23.4 Å². The van der Waals surface area contributed by atoms with Gasteiger partial charge in [0.05, 0.1) is 13.2 Å². The summed E-state index contributed by atoms with van der Waals surface area (Å²) in [4.78, 5) is 4.37. The zero-order valence-corrected chi connectivity index (χ0v) is 16.8. The van der Waals surface area contributed by atoms with E-state index < -0.39 is 5.79 Å². The Morgan fingerprint density at radius 1 is 0.964 bits per heavy atom. The van der Waals surface area contributed by atoms with E-state index in [0.29, 0.717) is 13.2 Å². The van der Waals surface area contributed by atoms with Crippen LogP contribution in [0, 0.1) is 20.0 Å². The van der Waals surface area contributed by atoms with E-state index in [1.54, 1.807) is 0 Å². The second kappa shape index (κ2) is 23.1. The van der Waals surface area contributed by atoms with Crippen LogP contribution in [0.1, 0.15) is 25.3 Å². The third-order valence-electron chi connectivity index (χ3n) is 3.48. The van der Waals surface area contributed by atoms with Gasteiger partial charge in [-0.1, -0.05) is 55.5 Å². The number of allylic oxidation sites excluding steroid dienone is 3. The Bertz CT molecular complexity index is 600. The van der Waals surface area contributed by atoms with Crippen LogP contribution in [0.25, 0.3) is 6.08 Å². The van der Waals surface area contributed by atoms with Gasteiger partial charge in [-0.25, -0.2) is 0 Å². The molecule has 0 atom stereocenters. The van der Waals surface area contributed by atoms with Gasteiger partial charge in [0.2, 0.25) is 0 Å². The van der Waals surface area contributed by atoms with Crippen molar-refractivity contribution < 1.29 is 40.5 Å². The first-order valence-electron chi connectivity index (χ1n) is 8.12. The first-order chi connectivity index (χ1) is 13.3. The minimum absolute atomic E-state index is 0. The fourth-order valence-electron chi connectivity index (χ4n) is 2.24. The van der Waals surface area contributed by atoms with Crippen molar-refractivity contribution >= 4 is 12.3 Å². The zero-order chi connectivity index (χ0) is 20.8. The van der Waals surface area contributed by atoms with Gasteiger partial charge in [-0.05, 0) is 18.1 Å². The normalized spacial score (nSPS) is 14.0. The molecule has 0 bridgehead atoms. The number of rotatable bonds is 7. The van der Waals surface area contributed by atoms with Gasteiger partial charge in [-0.15, -0.1) is 0 Å². The summed E-state index contributed by atoms with van der Waals surface area (Å²) < 4.78 is 33.8. The molecule has 1 aliphatic rings. The summed E-state index contributed by atoms with van der Waals surface area (Å²) in [5.74, 6) is -0.395. The summed E-state index contributed by atoms with van der Waals surface area (Å²) in [6.45, 7) is 17.7. The summed E-state index contributed by atoms with van der Waals surface area (Å²) in [5, 5.41) is 0. The topological polar surface area (TPSA) is 90.5 Å². The van der Waals surface area contributed by atoms with Crippen molar-refractivity contribution in [2.75, 3.05) is 19.8 Å². The van der Waals surface area contributed by atoms with Crippen molar-refractivity contribution in [3.8, 4) is 0 Å². The van der Waals surface area contributed by atoms with Gasteiger partial charge in [-0.2, -0.15) is 0 Å². The maximum Gasteiger partial charge on any atom is 0 e. The van der Waals surface area contributed by atoms with Gasteiger partial charge in [-0.3, -0.25) is 4.99 Å². The fourth-order valence-corrected chi connectivity index (χ4v) is 2.24. The Hall–Kier alpha value is -1.97. The minimum Gasteiger partial charge on any atom is 0 e.